The van der Waals surface area contributed by atoms with Crippen molar-refractivity contribution in [1.29, 1.82) is 0 Å². The van der Waals surface area contributed by atoms with E-state index in [9.17, 15) is 4.79 Å². The van der Waals surface area contributed by atoms with Crippen LogP contribution < -0.4 is 0 Å². The van der Waals surface area contributed by atoms with E-state index in [1.165, 1.54) is 4.88 Å². The number of imidazole rings is 1. The first-order chi connectivity index (χ1) is 12.6. The van der Waals surface area contributed by atoms with E-state index in [0.29, 0.717) is 5.56 Å². The average Bonchev–Trinajstić information content (AvgIpc) is 3.15. The molecule has 0 saturated carbocycles. The van der Waals surface area contributed by atoms with Gasteiger partial charge < -0.3 is 0 Å². The summed E-state index contributed by atoms with van der Waals surface area (Å²) in [7, 11) is 0. The van der Waals surface area contributed by atoms with Gasteiger partial charge in [0, 0.05) is 29.0 Å². The standard InChI is InChI=1S/C21H17N3OS/c1-14-13-24-19(15(2)23-21(24)26-14)6-7-20(25)18-5-3-4-17(12-18)16-8-10-22-11-9-16/h3-13H,1-2H3/b7-6+. The molecule has 128 valence electrons. The SMILES string of the molecule is Cc1cn2c(/C=C/C(=O)c3cccc(-c4ccncc4)c3)c(C)nc2s1. The number of ketones is 1. The van der Waals surface area contributed by atoms with Crippen LogP contribution >= 0.6 is 11.3 Å². The van der Waals surface area contributed by atoms with Gasteiger partial charge in [0.05, 0.1) is 11.4 Å². The zero-order chi connectivity index (χ0) is 18.1. The largest absolute Gasteiger partial charge is 0.290 e. The predicted molar refractivity (Wildman–Crippen MR) is 106 cm³/mol. The van der Waals surface area contributed by atoms with Gasteiger partial charge in [0.2, 0.25) is 0 Å². The summed E-state index contributed by atoms with van der Waals surface area (Å²) in [5.74, 6) is -0.0257. The fourth-order valence-corrected chi connectivity index (χ4v) is 3.81. The van der Waals surface area contributed by atoms with Crippen molar-refractivity contribution in [3.63, 3.8) is 0 Å². The Hall–Kier alpha value is -3.05. The minimum Gasteiger partial charge on any atom is -0.290 e. The number of thiazole rings is 1. The zero-order valence-corrected chi connectivity index (χ0v) is 15.3. The molecule has 4 rings (SSSR count). The van der Waals surface area contributed by atoms with E-state index in [1.54, 1.807) is 29.8 Å². The molecule has 4 aromatic rings. The maximum atomic E-state index is 12.6. The Balaban J connectivity index is 1.64. The summed E-state index contributed by atoms with van der Waals surface area (Å²) in [6.45, 7) is 4.02. The molecule has 0 atom stereocenters. The Morgan fingerprint density at radius 1 is 1.12 bits per heavy atom. The molecule has 26 heavy (non-hydrogen) atoms. The number of aromatic nitrogens is 3. The van der Waals surface area contributed by atoms with Gasteiger partial charge in [-0.3, -0.25) is 14.2 Å². The third-order valence-corrected chi connectivity index (χ3v) is 5.11. The highest BCUT2D eigenvalue weighted by atomic mass is 32.1. The van der Waals surface area contributed by atoms with Gasteiger partial charge in [-0.05, 0) is 55.3 Å². The Labute approximate surface area is 155 Å². The van der Waals surface area contributed by atoms with Crippen molar-refractivity contribution < 1.29 is 4.79 Å². The molecular weight excluding hydrogens is 342 g/mol. The molecule has 0 unspecified atom stereocenters. The number of aryl methyl sites for hydroxylation is 2. The molecule has 0 N–H and O–H groups in total. The predicted octanol–water partition coefficient (Wildman–Crippen LogP) is 4.97. The highest BCUT2D eigenvalue weighted by molar-refractivity contribution is 7.17. The first-order valence-corrected chi connectivity index (χ1v) is 9.11. The number of carbonyl (C=O) groups excluding carboxylic acids is 1. The number of nitrogens with zero attached hydrogens (tertiary/aromatic N) is 3. The van der Waals surface area contributed by atoms with Gasteiger partial charge in [-0.15, -0.1) is 11.3 Å². The monoisotopic (exact) mass is 359 g/mol. The van der Waals surface area contributed by atoms with E-state index in [0.717, 1.165) is 27.5 Å². The maximum Gasteiger partial charge on any atom is 0.194 e. The van der Waals surface area contributed by atoms with Crippen LogP contribution in [-0.2, 0) is 0 Å². The summed E-state index contributed by atoms with van der Waals surface area (Å²) in [5.41, 5.74) is 4.58. The van der Waals surface area contributed by atoms with E-state index in [2.05, 4.69) is 16.9 Å². The molecule has 3 heterocycles. The van der Waals surface area contributed by atoms with Crippen LogP contribution in [0.4, 0.5) is 0 Å². The van der Waals surface area contributed by atoms with Crippen molar-refractivity contribution in [2.24, 2.45) is 0 Å². The Morgan fingerprint density at radius 2 is 1.92 bits per heavy atom. The summed E-state index contributed by atoms with van der Waals surface area (Å²) in [6.07, 6.45) is 9.02. The minimum atomic E-state index is -0.0257. The lowest BCUT2D eigenvalue weighted by Crippen LogP contribution is -1.95. The highest BCUT2D eigenvalue weighted by Gasteiger charge is 2.10. The average molecular weight is 359 g/mol. The van der Waals surface area contributed by atoms with Crippen LogP contribution in [0.2, 0.25) is 0 Å². The molecule has 5 heteroatoms. The second-order valence-electron chi connectivity index (χ2n) is 6.09. The first-order valence-electron chi connectivity index (χ1n) is 8.30. The number of hydrogen-bond acceptors (Lipinski definition) is 4. The number of allylic oxidation sites excluding steroid dienone is 1. The van der Waals surface area contributed by atoms with Gasteiger partial charge in [0.1, 0.15) is 0 Å². The Kier molecular flexibility index (Phi) is 4.22. The number of carbonyl (C=O) groups is 1. The fourth-order valence-electron chi connectivity index (χ4n) is 2.93. The van der Waals surface area contributed by atoms with Crippen LogP contribution in [0.1, 0.15) is 26.6 Å². The molecule has 0 aliphatic heterocycles. The van der Waals surface area contributed by atoms with Crippen molar-refractivity contribution in [3.8, 4) is 11.1 Å². The van der Waals surface area contributed by atoms with Crippen LogP contribution in [0.5, 0.6) is 0 Å². The molecular formula is C21H17N3OS. The minimum absolute atomic E-state index is 0.0257. The third-order valence-electron chi connectivity index (χ3n) is 4.22. The van der Waals surface area contributed by atoms with Gasteiger partial charge in [0.15, 0.2) is 10.7 Å². The third kappa shape index (κ3) is 3.09. The number of hydrogen-bond donors (Lipinski definition) is 0. The molecule has 0 bridgehead atoms. The summed E-state index contributed by atoms with van der Waals surface area (Å²) < 4.78 is 2.03. The van der Waals surface area contributed by atoms with Gasteiger partial charge in [0.25, 0.3) is 0 Å². The smallest absolute Gasteiger partial charge is 0.194 e. The van der Waals surface area contributed by atoms with Crippen LogP contribution in [0.25, 0.3) is 22.2 Å². The van der Waals surface area contributed by atoms with Crippen molar-refractivity contribution in [3.05, 3.63) is 82.9 Å². The molecule has 0 radical (unpaired) electrons. The van der Waals surface area contributed by atoms with Crippen molar-refractivity contribution >= 4 is 28.2 Å². The normalized spacial score (nSPS) is 11.5. The lowest BCUT2D eigenvalue weighted by Gasteiger charge is -2.03. The maximum absolute atomic E-state index is 12.6. The van der Waals surface area contributed by atoms with Crippen molar-refractivity contribution in [1.82, 2.24) is 14.4 Å². The number of benzene rings is 1. The van der Waals surface area contributed by atoms with E-state index in [4.69, 9.17) is 0 Å². The lowest BCUT2D eigenvalue weighted by molar-refractivity contribution is 0.104. The zero-order valence-electron chi connectivity index (χ0n) is 14.5. The Morgan fingerprint density at radius 3 is 2.73 bits per heavy atom. The van der Waals surface area contributed by atoms with E-state index in [-0.39, 0.29) is 5.78 Å². The van der Waals surface area contributed by atoms with E-state index < -0.39 is 0 Å². The quantitative estimate of drug-likeness (QED) is 0.382. The second kappa shape index (κ2) is 6.69. The second-order valence-corrected chi connectivity index (χ2v) is 7.30. The van der Waals surface area contributed by atoms with Crippen molar-refractivity contribution in [2.75, 3.05) is 0 Å². The number of rotatable bonds is 4. The number of fused-ring (bicyclic) bond motifs is 1. The summed E-state index contributed by atoms with van der Waals surface area (Å²) >= 11 is 1.65. The van der Waals surface area contributed by atoms with E-state index in [1.807, 2.05) is 60.0 Å². The summed E-state index contributed by atoms with van der Waals surface area (Å²) in [6, 6.07) is 11.5. The highest BCUT2D eigenvalue weighted by Crippen LogP contribution is 2.23. The summed E-state index contributed by atoms with van der Waals surface area (Å²) in [4.78, 5) is 23.4. The molecule has 0 aliphatic rings. The fraction of sp³-hybridized carbons (Fsp3) is 0.0952. The van der Waals surface area contributed by atoms with Crippen LogP contribution in [0, 0.1) is 13.8 Å². The lowest BCUT2D eigenvalue weighted by atomic mass is 10.0. The van der Waals surface area contributed by atoms with Gasteiger partial charge in [-0.1, -0.05) is 18.2 Å². The molecule has 0 saturated heterocycles. The van der Waals surface area contributed by atoms with Gasteiger partial charge >= 0.3 is 0 Å². The topological polar surface area (TPSA) is 47.3 Å². The molecule has 4 nitrogen and oxygen atoms in total. The molecule has 0 spiro atoms. The molecule has 0 amide bonds. The van der Waals surface area contributed by atoms with Crippen LogP contribution in [0.3, 0.4) is 0 Å². The Bertz CT molecular complexity index is 1120. The van der Waals surface area contributed by atoms with Crippen molar-refractivity contribution in [2.45, 2.75) is 13.8 Å². The van der Waals surface area contributed by atoms with Crippen LogP contribution in [0.15, 0.2) is 61.1 Å². The van der Waals surface area contributed by atoms with Crippen LogP contribution in [-0.4, -0.2) is 20.2 Å². The molecule has 3 aromatic heterocycles. The molecule has 0 aliphatic carbocycles. The van der Waals surface area contributed by atoms with Gasteiger partial charge in [-0.25, -0.2) is 4.98 Å². The number of pyridine rings is 1. The molecule has 1 aromatic carbocycles. The molecule has 0 fully saturated rings. The summed E-state index contributed by atoms with van der Waals surface area (Å²) in [5, 5.41) is 0. The van der Waals surface area contributed by atoms with E-state index >= 15 is 0 Å². The first kappa shape index (κ1) is 16.4. The van der Waals surface area contributed by atoms with Gasteiger partial charge in [-0.2, -0.15) is 0 Å².